The van der Waals surface area contributed by atoms with Crippen molar-refractivity contribution in [3.63, 3.8) is 0 Å². The molecule has 3 heteroatoms. The lowest BCUT2D eigenvalue weighted by Gasteiger charge is -2.03. The largest absolute Gasteiger partial charge is 0.456 e. The molecule has 3 nitrogen and oxygen atoms in total. The summed E-state index contributed by atoms with van der Waals surface area (Å²) >= 11 is 0. The van der Waals surface area contributed by atoms with Gasteiger partial charge in [-0.2, -0.15) is 0 Å². The summed E-state index contributed by atoms with van der Waals surface area (Å²) in [6, 6.07) is 24.9. The van der Waals surface area contributed by atoms with Gasteiger partial charge < -0.3 is 4.42 Å². The van der Waals surface area contributed by atoms with Crippen LogP contribution in [0.25, 0.3) is 33.1 Å². The average molecular weight is 344 g/mol. The van der Waals surface area contributed by atoms with E-state index in [-0.39, 0.29) is 0 Å². The summed E-state index contributed by atoms with van der Waals surface area (Å²) in [5, 5.41) is 6.59. The number of hydrogen-bond donors (Lipinski definition) is 0. The molecule has 2 aliphatic rings. The molecule has 0 unspecified atom stereocenters. The first-order chi connectivity index (χ1) is 13.4. The van der Waals surface area contributed by atoms with Crippen LogP contribution in [0, 0.1) is 10.4 Å². The zero-order valence-corrected chi connectivity index (χ0v) is 14.2. The Kier molecular flexibility index (Phi) is 2.25. The van der Waals surface area contributed by atoms with Crippen molar-refractivity contribution in [3.05, 3.63) is 93.9 Å². The fraction of sp³-hybridized carbons (Fsp3) is 0. The summed E-state index contributed by atoms with van der Waals surface area (Å²) in [5.41, 5.74) is 6.07. The number of para-hydroxylation sites is 2. The van der Waals surface area contributed by atoms with Crippen molar-refractivity contribution in [1.29, 1.82) is 0 Å². The van der Waals surface area contributed by atoms with Crippen LogP contribution in [0.5, 0.6) is 0 Å². The third-order valence-electron chi connectivity index (χ3n) is 5.60. The van der Waals surface area contributed by atoms with E-state index in [1.165, 1.54) is 10.4 Å². The van der Waals surface area contributed by atoms with Crippen LogP contribution in [0.3, 0.4) is 0 Å². The van der Waals surface area contributed by atoms with Gasteiger partial charge in [-0.3, -0.25) is 0 Å². The Morgan fingerprint density at radius 1 is 0.593 bits per heavy atom. The molecule has 0 N–H and O–H groups in total. The molecule has 0 bridgehead atoms. The summed E-state index contributed by atoms with van der Waals surface area (Å²) < 4.78 is 6.04. The summed E-state index contributed by atoms with van der Waals surface area (Å²) in [7, 11) is 0. The van der Waals surface area contributed by atoms with Gasteiger partial charge in [-0.05, 0) is 36.4 Å². The van der Waals surface area contributed by atoms with Crippen molar-refractivity contribution in [3.8, 4) is 11.1 Å². The lowest BCUT2D eigenvalue weighted by atomic mass is 10.00. The maximum Gasteiger partial charge on any atom is 0.137 e. The minimum atomic E-state index is 0.878. The number of benzene rings is 4. The lowest BCUT2D eigenvalue weighted by Crippen LogP contribution is -2.00. The molecule has 3 heterocycles. The van der Waals surface area contributed by atoms with Crippen molar-refractivity contribution >= 4 is 33.3 Å². The average Bonchev–Trinajstić information content (AvgIpc) is 3.37. The number of furan rings is 1. The molecular formula is C24H12N2O. The number of hydrogen-bond acceptors (Lipinski definition) is 3. The molecule has 4 aromatic carbocycles. The van der Waals surface area contributed by atoms with Gasteiger partial charge in [-0.1, -0.05) is 36.4 Å². The molecule has 0 spiro atoms. The van der Waals surface area contributed by atoms with E-state index in [4.69, 9.17) is 14.4 Å². The maximum atomic E-state index is 6.04. The van der Waals surface area contributed by atoms with Gasteiger partial charge in [-0.25, -0.2) is 9.98 Å². The SMILES string of the molecule is c1ccc2c(c1)=Nc1c3c(ccc1=2)=Nc1c-3ccc2oc3ccccc3c12. The fourth-order valence-electron chi connectivity index (χ4n) is 4.43. The van der Waals surface area contributed by atoms with Crippen LogP contribution in [-0.4, -0.2) is 0 Å². The molecular weight excluding hydrogens is 332 g/mol. The third kappa shape index (κ3) is 1.57. The molecule has 7 rings (SSSR count). The molecule has 124 valence electrons. The van der Waals surface area contributed by atoms with Crippen LogP contribution < -0.4 is 10.7 Å². The molecule has 2 aliphatic heterocycles. The van der Waals surface area contributed by atoms with Crippen molar-refractivity contribution in [2.24, 2.45) is 9.98 Å². The highest BCUT2D eigenvalue weighted by Crippen LogP contribution is 2.46. The molecule has 5 aromatic rings. The third-order valence-corrected chi connectivity index (χ3v) is 5.60. The Balaban J connectivity index is 1.67. The van der Waals surface area contributed by atoms with E-state index in [1.54, 1.807) is 0 Å². The van der Waals surface area contributed by atoms with Crippen molar-refractivity contribution in [2.75, 3.05) is 0 Å². The van der Waals surface area contributed by atoms with Crippen molar-refractivity contribution in [1.82, 2.24) is 0 Å². The highest BCUT2D eigenvalue weighted by atomic mass is 16.3. The Bertz CT molecular complexity index is 1680. The van der Waals surface area contributed by atoms with Crippen LogP contribution >= 0.6 is 0 Å². The van der Waals surface area contributed by atoms with E-state index < -0.39 is 0 Å². The molecule has 0 radical (unpaired) electrons. The number of fused-ring (bicyclic) bond motifs is 10. The molecule has 27 heavy (non-hydrogen) atoms. The first kappa shape index (κ1) is 13.5. The molecule has 0 atom stereocenters. The maximum absolute atomic E-state index is 6.04. The lowest BCUT2D eigenvalue weighted by molar-refractivity contribution is 0.669. The number of nitrogens with zero attached hydrogens (tertiary/aromatic N) is 2. The summed E-state index contributed by atoms with van der Waals surface area (Å²) in [6.07, 6.45) is 0. The fourth-order valence-corrected chi connectivity index (χ4v) is 4.43. The van der Waals surface area contributed by atoms with E-state index in [0.29, 0.717) is 0 Å². The van der Waals surface area contributed by atoms with Crippen LogP contribution in [0.1, 0.15) is 0 Å². The predicted molar refractivity (Wildman–Crippen MR) is 105 cm³/mol. The van der Waals surface area contributed by atoms with E-state index in [1.807, 2.05) is 24.3 Å². The molecule has 0 fully saturated rings. The molecule has 0 saturated heterocycles. The van der Waals surface area contributed by atoms with Gasteiger partial charge in [0.1, 0.15) is 11.2 Å². The quantitative estimate of drug-likeness (QED) is 0.378. The van der Waals surface area contributed by atoms with Gasteiger partial charge in [-0.15, -0.1) is 0 Å². The second-order valence-electron chi connectivity index (χ2n) is 7.03. The normalized spacial score (nSPS) is 13.0. The Morgan fingerprint density at radius 2 is 1.44 bits per heavy atom. The minimum Gasteiger partial charge on any atom is -0.456 e. The topological polar surface area (TPSA) is 37.9 Å². The number of rotatable bonds is 0. The van der Waals surface area contributed by atoms with Crippen molar-refractivity contribution in [2.45, 2.75) is 0 Å². The highest BCUT2D eigenvalue weighted by Gasteiger charge is 2.24. The Hall–Kier alpha value is -3.72. The summed E-state index contributed by atoms with van der Waals surface area (Å²) in [4.78, 5) is 9.92. The first-order valence-corrected chi connectivity index (χ1v) is 9.03. The second kappa shape index (κ2) is 4.51. The summed E-state index contributed by atoms with van der Waals surface area (Å²) in [5.74, 6) is 0. The van der Waals surface area contributed by atoms with Crippen LogP contribution in [0.2, 0.25) is 0 Å². The molecule has 0 aliphatic carbocycles. The zero-order chi connectivity index (χ0) is 17.5. The van der Waals surface area contributed by atoms with Crippen LogP contribution in [0.15, 0.2) is 87.2 Å². The van der Waals surface area contributed by atoms with Gasteiger partial charge in [0.25, 0.3) is 0 Å². The summed E-state index contributed by atoms with van der Waals surface area (Å²) in [6.45, 7) is 0. The standard InChI is InChI=1S/C24H12N2O/c1-3-7-17-13(5-1)14-9-11-18-21(23(14)25-17)16-10-12-20-22(24(16)26-18)15-6-2-4-8-19(15)27-20/h1-12H. The highest BCUT2D eigenvalue weighted by molar-refractivity contribution is 6.15. The predicted octanol–water partition coefficient (Wildman–Crippen LogP) is 5.07. The van der Waals surface area contributed by atoms with Gasteiger partial charge in [0.05, 0.1) is 27.5 Å². The van der Waals surface area contributed by atoms with Crippen LogP contribution in [0.4, 0.5) is 11.4 Å². The van der Waals surface area contributed by atoms with Gasteiger partial charge in [0.2, 0.25) is 0 Å². The van der Waals surface area contributed by atoms with E-state index in [2.05, 4.69) is 48.5 Å². The van der Waals surface area contributed by atoms with Crippen LogP contribution in [-0.2, 0) is 0 Å². The molecule has 0 saturated carbocycles. The van der Waals surface area contributed by atoms with Crippen molar-refractivity contribution < 1.29 is 4.42 Å². The van der Waals surface area contributed by atoms with E-state index >= 15 is 0 Å². The smallest absolute Gasteiger partial charge is 0.137 e. The minimum absolute atomic E-state index is 0.878. The second-order valence-corrected chi connectivity index (χ2v) is 7.03. The van der Waals surface area contributed by atoms with Gasteiger partial charge in [0.15, 0.2) is 0 Å². The monoisotopic (exact) mass is 344 g/mol. The Labute approximate surface area is 153 Å². The zero-order valence-electron chi connectivity index (χ0n) is 14.2. The van der Waals surface area contributed by atoms with Gasteiger partial charge >= 0.3 is 0 Å². The molecule has 1 aromatic heterocycles. The molecule has 0 amide bonds. The van der Waals surface area contributed by atoms with E-state index in [9.17, 15) is 0 Å². The van der Waals surface area contributed by atoms with Gasteiger partial charge in [0, 0.05) is 27.0 Å². The van der Waals surface area contributed by atoms with E-state index in [0.717, 1.165) is 55.2 Å². The Morgan fingerprint density at radius 3 is 2.44 bits per heavy atom. The first-order valence-electron chi connectivity index (χ1n) is 9.03.